The molecule has 5 rings (SSSR count). The zero-order valence-electron chi connectivity index (χ0n) is 12.4. The standard InChI is InChI=1S/C17H16N2O3/c1-9-5-3-4-6-11(9)19-16(21)13-10-7-8-12(14(13)17(19)22)18(2)15(10)20/h3-8,10,12-14H,1-2H3/t10-,12-,13+,14?/m0/s1. The van der Waals surface area contributed by atoms with Gasteiger partial charge in [0.2, 0.25) is 17.7 Å². The molecule has 0 saturated carbocycles. The molecule has 1 unspecified atom stereocenters. The van der Waals surface area contributed by atoms with Gasteiger partial charge in [-0.2, -0.15) is 0 Å². The second-order valence-electron chi connectivity index (χ2n) is 6.20. The molecule has 5 heteroatoms. The van der Waals surface area contributed by atoms with Gasteiger partial charge in [-0.25, -0.2) is 4.90 Å². The highest BCUT2D eigenvalue weighted by Gasteiger charge is 2.61. The van der Waals surface area contributed by atoms with Crippen molar-refractivity contribution in [3.8, 4) is 0 Å². The van der Waals surface area contributed by atoms with Crippen LogP contribution in [-0.4, -0.2) is 35.7 Å². The van der Waals surface area contributed by atoms with Crippen LogP contribution in [0.25, 0.3) is 0 Å². The molecule has 2 bridgehead atoms. The Bertz CT molecular complexity index is 739. The molecule has 3 heterocycles. The van der Waals surface area contributed by atoms with Crippen molar-refractivity contribution in [2.75, 3.05) is 11.9 Å². The van der Waals surface area contributed by atoms with Crippen molar-refractivity contribution in [3.05, 3.63) is 42.0 Å². The van der Waals surface area contributed by atoms with E-state index < -0.39 is 17.8 Å². The van der Waals surface area contributed by atoms with Gasteiger partial charge in [-0.05, 0) is 18.6 Å². The topological polar surface area (TPSA) is 57.7 Å². The van der Waals surface area contributed by atoms with Crippen molar-refractivity contribution in [1.29, 1.82) is 0 Å². The van der Waals surface area contributed by atoms with Crippen LogP contribution in [0, 0.1) is 24.7 Å². The molecule has 22 heavy (non-hydrogen) atoms. The number of carbonyl (C=O) groups is 3. The van der Waals surface area contributed by atoms with Crippen LogP contribution in [0.15, 0.2) is 36.4 Å². The Morgan fingerprint density at radius 2 is 1.59 bits per heavy atom. The average Bonchev–Trinajstić information content (AvgIpc) is 2.78. The van der Waals surface area contributed by atoms with Crippen LogP contribution in [-0.2, 0) is 14.4 Å². The van der Waals surface area contributed by atoms with Gasteiger partial charge in [-0.15, -0.1) is 0 Å². The molecular weight excluding hydrogens is 280 g/mol. The van der Waals surface area contributed by atoms with Crippen molar-refractivity contribution in [3.63, 3.8) is 0 Å². The Morgan fingerprint density at radius 3 is 2.32 bits per heavy atom. The highest BCUT2D eigenvalue weighted by Crippen LogP contribution is 2.46. The number of likely N-dealkylation sites (N-methyl/N-ethyl adjacent to an activating group) is 1. The summed E-state index contributed by atoms with van der Waals surface area (Å²) in [6.45, 7) is 1.88. The molecular formula is C17H16N2O3. The van der Waals surface area contributed by atoms with Gasteiger partial charge >= 0.3 is 0 Å². The van der Waals surface area contributed by atoms with E-state index in [1.807, 2.05) is 31.2 Å². The van der Waals surface area contributed by atoms with Gasteiger partial charge in [-0.3, -0.25) is 14.4 Å². The second-order valence-corrected chi connectivity index (χ2v) is 6.20. The van der Waals surface area contributed by atoms with Gasteiger partial charge < -0.3 is 4.90 Å². The van der Waals surface area contributed by atoms with Crippen LogP contribution < -0.4 is 4.90 Å². The maximum absolute atomic E-state index is 12.9. The summed E-state index contributed by atoms with van der Waals surface area (Å²) in [5, 5.41) is 0. The van der Waals surface area contributed by atoms with Gasteiger partial charge in [0.15, 0.2) is 0 Å². The van der Waals surface area contributed by atoms with E-state index in [4.69, 9.17) is 0 Å². The lowest BCUT2D eigenvalue weighted by atomic mass is 9.70. The number of hydrogen-bond donors (Lipinski definition) is 0. The van der Waals surface area contributed by atoms with Crippen molar-refractivity contribution in [2.24, 2.45) is 17.8 Å². The van der Waals surface area contributed by atoms with E-state index >= 15 is 0 Å². The Balaban J connectivity index is 1.82. The molecule has 1 aromatic carbocycles. The fraction of sp³-hybridized carbons (Fsp3) is 0.353. The molecule has 1 aliphatic carbocycles. The summed E-state index contributed by atoms with van der Waals surface area (Å²) < 4.78 is 0. The van der Waals surface area contributed by atoms with Gasteiger partial charge in [0.25, 0.3) is 0 Å². The van der Waals surface area contributed by atoms with E-state index in [-0.39, 0.29) is 23.8 Å². The quantitative estimate of drug-likeness (QED) is 0.576. The molecule has 2 fully saturated rings. The number of carbonyl (C=O) groups excluding carboxylic acids is 3. The molecule has 0 spiro atoms. The molecule has 112 valence electrons. The fourth-order valence-electron chi connectivity index (χ4n) is 3.96. The van der Waals surface area contributed by atoms with Crippen LogP contribution in [0.2, 0.25) is 0 Å². The van der Waals surface area contributed by atoms with E-state index in [0.29, 0.717) is 5.69 Å². The van der Waals surface area contributed by atoms with Gasteiger partial charge in [0.1, 0.15) is 0 Å². The van der Waals surface area contributed by atoms with Crippen LogP contribution >= 0.6 is 0 Å². The molecule has 1 aromatic rings. The third-order valence-corrected chi connectivity index (χ3v) is 5.10. The fourth-order valence-corrected chi connectivity index (χ4v) is 3.96. The number of nitrogens with zero attached hydrogens (tertiary/aromatic N) is 2. The summed E-state index contributed by atoms with van der Waals surface area (Å²) in [5.74, 6) is -2.02. The molecule has 4 atom stereocenters. The summed E-state index contributed by atoms with van der Waals surface area (Å²) in [6.07, 6.45) is 3.68. The van der Waals surface area contributed by atoms with Gasteiger partial charge in [-0.1, -0.05) is 30.4 Å². The summed E-state index contributed by atoms with van der Waals surface area (Å²) >= 11 is 0. The summed E-state index contributed by atoms with van der Waals surface area (Å²) in [6, 6.07) is 7.03. The lowest BCUT2D eigenvalue weighted by Gasteiger charge is -2.44. The maximum atomic E-state index is 12.9. The van der Waals surface area contributed by atoms with Crippen molar-refractivity contribution < 1.29 is 14.4 Å². The molecule has 3 amide bonds. The lowest BCUT2D eigenvalue weighted by Crippen LogP contribution is -2.57. The third-order valence-electron chi connectivity index (χ3n) is 5.10. The molecule has 0 aromatic heterocycles. The van der Waals surface area contributed by atoms with Crippen LogP contribution in [0.1, 0.15) is 5.56 Å². The molecule has 2 saturated heterocycles. The molecule has 3 aliphatic heterocycles. The van der Waals surface area contributed by atoms with Gasteiger partial charge in [0, 0.05) is 7.05 Å². The molecule has 0 N–H and O–H groups in total. The van der Waals surface area contributed by atoms with E-state index in [1.54, 1.807) is 24.1 Å². The Labute approximate surface area is 128 Å². The smallest absolute Gasteiger partial charge is 0.240 e. The van der Waals surface area contributed by atoms with E-state index in [2.05, 4.69) is 0 Å². The number of piperidine rings is 1. The Hall–Kier alpha value is -2.43. The summed E-state index contributed by atoms with van der Waals surface area (Å²) in [7, 11) is 1.70. The number of hydrogen-bond acceptors (Lipinski definition) is 3. The summed E-state index contributed by atoms with van der Waals surface area (Å²) in [5.41, 5.74) is 1.50. The van der Waals surface area contributed by atoms with Crippen molar-refractivity contribution >= 4 is 23.4 Å². The maximum Gasteiger partial charge on any atom is 0.240 e. The number of anilines is 1. The van der Waals surface area contributed by atoms with E-state index in [9.17, 15) is 14.4 Å². The minimum atomic E-state index is -0.550. The predicted molar refractivity (Wildman–Crippen MR) is 79.8 cm³/mol. The number of fused-ring (bicyclic) bond motifs is 1. The monoisotopic (exact) mass is 296 g/mol. The first-order valence-electron chi connectivity index (χ1n) is 7.41. The first-order valence-corrected chi connectivity index (χ1v) is 7.41. The number of amides is 3. The predicted octanol–water partition coefficient (Wildman–Crippen LogP) is 1.13. The van der Waals surface area contributed by atoms with Crippen molar-refractivity contribution in [1.82, 2.24) is 4.90 Å². The number of imide groups is 1. The Kier molecular flexibility index (Phi) is 2.58. The zero-order chi connectivity index (χ0) is 15.6. The third kappa shape index (κ3) is 1.46. The Morgan fingerprint density at radius 1 is 0.909 bits per heavy atom. The molecule has 4 aliphatic rings. The lowest BCUT2D eigenvalue weighted by molar-refractivity contribution is -0.148. The number of aryl methyl sites for hydroxylation is 1. The first-order chi connectivity index (χ1) is 10.5. The number of para-hydroxylation sites is 1. The molecule has 0 radical (unpaired) electrons. The number of rotatable bonds is 1. The van der Waals surface area contributed by atoms with Crippen molar-refractivity contribution in [2.45, 2.75) is 13.0 Å². The minimum Gasteiger partial charge on any atom is -0.338 e. The van der Waals surface area contributed by atoms with Crippen LogP contribution in [0.4, 0.5) is 5.69 Å². The second kappa shape index (κ2) is 4.29. The van der Waals surface area contributed by atoms with Crippen LogP contribution in [0.5, 0.6) is 0 Å². The minimum absolute atomic E-state index is 0.0680. The van der Waals surface area contributed by atoms with Gasteiger partial charge in [0.05, 0.1) is 29.5 Å². The first kappa shape index (κ1) is 13.2. The molecule has 5 nitrogen and oxygen atoms in total. The largest absolute Gasteiger partial charge is 0.338 e. The van der Waals surface area contributed by atoms with E-state index in [1.165, 1.54) is 4.90 Å². The number of benzene rings is 1. The SMILES string of the molecule is Cc1ccccc1N1C(=O)C2[C@H](C1=O)[C@@H]1C=C[C@@H]2N(C)C1=O. The van der Waals surface area contributed by atoms with Crippen LogP contribution in [0.3, 0.4) is 0 Å². The normalized spacial score (nSPS) is 32.9. The summed E-state index contributed by atoms with van der Waals surface area (Å²) in [4.78, 5) is 40.9. The average molecular weight is 296 g/mol. The van der Waals surface area contributed by atoms with E-state index in [0.717, 1.165) is 5.56 Å². The zero-order valence-corrected chi connectivity index (χ0v) is 12.4. The highest BCUT2D eigenvalue weighted by molar-refractivity contribution is 6.24. The highest BCUT2D eigenvalue weighted by atomic mass is 16.2.